The lowest BCUT2D eigenvalue weighted by Crippen LogP contribution is -2.23. The van der Waals surface area contributed by atoms with Gasteiger partial charge in [0, 0.05) is 18.0 Å². The minimum absolute atomic E-state index is 0.0637. The quantitative estimate of drug-likeness (QED) is 0.371. The van der Waals surface area contributed by atoms with Crippen molar-refractivity contribution in [3.05, 3.63) is 120 Å². The maximum Gasteiger partial charge on any atom is 0.240 e. The number of rotatable bonds is 9. The van der Waals surface area contributed by atoms with E-state index in [1.54, 1.807) is 24.3 Å². The van der Waals surface area contributed by atoms with Gasteiger partial charge in [-0.3, -0.25) is 4.79 Å². The highest BCUT2D eigenvalue weighted by Gasteiger charge is 2.19. The van der Waals surface area contributed by atoms with Gasteiger partial charge in [0.25, 0.3) is 0 Å². The molecule has 0 saturated heterocycles. The lowest BCUT2D eigenvalue weighted by atomic mass is 9.88. The molecule has 0 radical (unpaired) electrons. The van der Waals surface area contributed by atoms with Crippen molar-refractivity contribution in [2.45, 2.75) is 23.8 Å². The summed E-state index contributed by atoms with van der Waals surface area (Å²) in [6.07, 6.45) is 1.75. The molecule has 0 aliphatic rings. The number of carbonyl (C=O) groups excluding carboxylic acids is 1. The van der Waals surface area contributed by atoms with Crippen LogP contribution in [-0.4, -0.2) is 14.3 Å². The summed E-state index contributed by atoms with van der Waals surface area (Å²) in [5.74, 6) is 0.283. The molecule has 0 spiro atoms. The summed E-state index contributed by atoms with van der Waals surface area (Å²) in [7, 11) is -3.70. The zero-order valence-corrected chi connectivity index (χ0v) is 18.7. The van der Waals surface area contributed by atoms with Crippen LogP contribution in [0.25, 0.3) is 0 Å². The molecule has 3 aromatic carbocycles. The largest absolute Gasteiger partial charge is 0.468 e. The van der Waals surface area contributed by atoms with Crippen LogP contribution < -0.4 is 10.0 Å². The van der Waals surface area contributed by atoms with E-state index in [0.29, 0.717) is 11.4 Å². The number of hydrogen-bond acceptors (Lipinski definition) is 4. The summed E-state index contributed by atoms with van der Waals surface area (Å²) in [6.45, 7) is 0.0637. The third-order valence-corrected chi connectivity index (χ3v) is 6.68. The standard InChI is InChI=1S/C26H24N2O4S/c29-26(18-25(20-8-3-1-4-9-20)21-10-5-2-6-11-21)28-22-13-15-24(16-14-22)33(30,31)27-19-23-12-7-17-32-23/h1-17,25,27H,18-19H2,(H,28,29). The molecule has 0 aliphatic heterocycles. The van der Waals surface area contributed by atoms with Crippen LogP contribution in [-0.2, 0) is 21.4 Å². The van der Waals surface area contributed by atoms with Crippen molar-refractivity contribution < 1.29 is 17.6 Å². The molecule has 4 aromatic rings. The number of nitrogens with one attached hydrogen (secondary N) is 2. The van der Waals surface area contributed by atoms with Gasteiger partial charge in [0.1, 0.15) is 5.76 Å². The lowest BCUT2D eigenvalue weighted by Gasteiger charge is -2.18. The van der Waals surface area contributed by atoms with E-state index in [4.69, 9.17) is 4.42 Å². The second-order valence-electron chi connectivity index (χ2n) is 7.55. The highest BCUT2D eigenvalue weighted by Crippen LogP contribution is 2.28. The summed E-state index contributed by atoms with van der Waals surface area (Å²) in [5.41, 5.74) is 2.65. The fraction of sp³-hybridized carbons (Fsp3) is 0.115. The number of sulfonamides is 1. The number of furan rings is 1. The average molecular weight is 461 g/mol. The monoisotopic (exact) mass is 460 g/mol. The molecule has 4 rings (SSSR count). The van der Waals surface area contributed by atoms with Crippen LogP contribution in [0.15, 0.2) is 113 Å². The van der Waals surface area contributed by atoms with E-state index >= 15 is 0 Å². The Morgan fingerprint density at radius 1 is 0.788 bits per heavy atom. The minimum Gasteiger partial charge on any atom is -0.468 e. The third kappa shape index (κ3) is 5.97. The van der Waals surface area contributed by atoms with Gasteiger partial charge in [-0.15, -0.1) is 0 Å². The second kappa shape index (κ2) is 10.3. The van der Waals surface area contributed by atoms with Crippen molar-refractivity contribution in [3.63, 3.8) is 0 Å². The van der Waals surface area contributed by atoms with Crippen LogP contribution in [0.2, 0.25) is 0 Å². The maximum atomic E-state index is 12.8. The second-order valence-corrected chi connectivity index (χ2v) is 9.32. The topological polar surface area (TPSA) is 88.4 Å². The van der Waals surface area contributed by atoms with E-state index in [9.17, 15) is 13.2 Å². The van der Waals surface area contributed by atoms with E-state index in [1.807, 2.05) is 60.7 Å². The summed E-state index contributed by atoms with van der Waals surface area (Å²) in [6, 6.07) is 29.3. The Hall–Kier alpha value is -3.68. The van der Waals surface area contributed by atoms with Gasteiger partial charge in [-0.25, -0.2) is 13.1 Å². The SMILES string of the molecule is O=C(CC(c1ccccc1)c1ccccc1)Nc1ccc(S(=O)(=O)NCc2ccco2)cc1. The van der Waals surface area contributed by atoms with Crippen molar-refractivity contribution in [2.75, 3.05) is 5.32 Å². The Labute approximate surface area is 193 Å². The number of carbonyl (C=O) groups is 1. The van der Waals surface area contributed by atoms with Crippen LogP contribution in [0.4, 0.5) is 5.69 Å². The molecule has 6 nitrogen and oxygen atoms in total. The van der Waals surface area contributed by atoms with Gasteiger partial charge in [-0.05, 0) is 47.5 Å². The highest BCUT2D eigenvalue weighted by atomic mass is 32.2. The zero-order chi connectivity index (χ0) is 23.1. The zero-order valence-electron chi connectivity index (χ0n) is 17.8. The summed E-state index contributed by atoms with van der Waals surface area (Å²) >= 11 is 0. The van der Waals surface area contributed by atoms with Crippen molar-refractivity contribution in [3.8, 4) is 0 Å². The van der Waals surface area contributed by atoms with Crippen LogP contribution in [0, 0.1) is 0 Å². The van der Waals surface area contributed by atoms with Crippen molar-refractivity contribution >= 4 is 21.6 Å². The highest BCUT2D eigenvalue weighted by molar-refractivity contribution is 7.89. The molecule has 0 atom stereocenters. The Bertz CT molecular complexity index is 1230. The van der Waals surface area contributed by atoms with E-state index in [1.165, 1.54) is 18.4 Å². The van der Waals surface area contributed by atoms with E-state index in [0.717, 1.165) is 11.1 Å². The van der Waals surface area contributed by atoms with Crippen molar-refractivity contribution in [1.29, 1.82) is 0 Å². The van der Waals surface area contributed by atoms with Crippen LogP contribution in [0.1, 0.15) is 29.2 Å². The molecule has 0 saturated carbocycles. The molecule has 1 amide bonds. The first-order valence-corrected chi connectivity index (χ1v) is 12.0. The van der Waals surface area contributed by atoms with Crippen molar-refractivity contribution in [1.82, 2.24) is 4.72 Å². The molecule has 168 valence electrons. The Morgan fingerprint density at radius 2 is 1.39 bits per heavy atom. The fourth-order valence-electron chi connectivity index (χ4n) is 3.58. The molecule has 0 unspecified atom stereocenters. The normalized spacial score (nSPS) is 11.4. The molecule has 0 bridgehead atoms. The molecule has 1 aromatic heterocycles. The first-order valence-electron chi connectivity index (χ1n) is 10.5. The fourth-order valence-corrected chi connectivity index (χ4v) is 4.57. The molecule has 2 N–H and O–H groups in total. The third-order valence-electron chi connectivity index (χ3n) is 5.26. The lowest BCUT2D eigenvalue weighted by molar-refractivity contribution is -0.116. The van der Waals surface area contributed by atoms with Gasteiger partial charge in [0.05, 0.1) is 17.7 Å². The average Bonchev–Trinajstić information content (AvgIpc) is 3.37. The van der Waals surface area contributed by atoms with E-state index < -0.39 is 10.0 Å². The molecule has 0 fully saturated rings. The van der Waals surface area contributed by atoms with Gasteiger partial charge in [-0.2, -0.15) is 0 Å². The summed E-state index contributed by atoms with van der Waals surface area (Å²) in [5, 5.41) is 2.88. The maximum absolute atomic E-state index is 12.8. The first-order chi connectivity index (χ1) is 16.0. The number of anilines is 1. The first kappa shape index (κ1) is 22.5. The molecule has 1 heterocycles. The van der Waals surface area contributed by atoms with Gasteiger partial charge >= 0.3 is 0 Å². The van der Waals surface area contributed by atoms with E-state index in [2.05, 4.69) is 10.0 Å². The number of hydrogen-bond donors (Lipinski definition) is 2. The Morgan fingerprint density at radius 3 is 1.94 bits per heavy atom. The number of benzene rings is 3. The molecular weight excluding hydrogens is 436 g/mol. The van der Waals surface area contributed by atoms with E-state index in [-0.39, 0.29) is 29.7 Å². The Balaban J connectivity index is 1.42. The predicted octanol–water partition coefficient (Wildman–Crippen LogP) is 4.92. The minimum atomic E-state index is -3.70. The molecule has 7 heteroatoms. The smallest absolute Gasteiger partial charge is 0.240 e. The summed E-state index contributed by atoms with van der Waals surface area (Å²) < 4.78 is 32.6. The number of amides is 1. The van der Waals surface area contributed by atoms with Crippen LogP contribution in [0.3, 0.4) is 0 Å². The van der Waals surface area contributed by atoms with Crippen molar-refractivity contribution in [2.24, 2.45) is 0 Å². The summed E-state index contributed by atoms with van der Waals surface area (Å²) in [4.78, 5) is 12.9. The Kier molecular flexibility index (Phi) is 7.02. The van der Waals surface area contributed by atoms with Gasteiger partial charge in [0.15, 0.2) is 0 Å². The predicted molar refractivity (Wildman–Crippen MR) is 127 cm³/mol. The van der Waals surface area contributed by atoms with Gasteiger partial charge < -0.3 is 9.73 Å². The van der Waals surface area contributed by atoms with Crippen LogP contribution in [0.5, 0.6) is 0 Å². The van der Waals surface area contributed by atoms with Gasteiger partial charge in [-0.1, -0.05) is 60.7 Å². The molecular formula is C26H24N2O4S. The van der Waals surface area contributed by atoms with Gasteiger partial charge in [0.2, 0.25) is 15.9 Å². The van der Waals surface area contributed by atoms with Crippen LogP contribution >= 0.6 is 0 Å². The molecule has 0 aliphatic carbocycles. The molecule has 33 heavy (non-hydrogen) atoms.